The molecule has 0 fully saturated rings. The molecule has 2 aromatic carbocycles. The minimum Gasteiger partial charge on any atom is -0.436 e. The van der Waals surface area contributed by atoms with Crippen LogP contribution in [0.3, 0.4) is 0 Å². The van der Waals surface area contributed by atoms with E-state index in [0.717, 1.165) is 22.2 Å². The summed E-state index contributed by atoms with van der Waals surface area (Å²) in [7, 11) is 0. The highest BCUT2D eigenvalue weighted by molar-refractivity contribution is 5.82. The van der Waals surface area contributed by atoms with Crippen LogP contribution in [0, 0.1) is 6.92 Å². The Bertz CT molecular complexity index is 731. The molecule has 0 bridgehead atoms. The number of nitrogen functional groups attached to an aromatic ring is 2. The van der Waals surface area contributed by atoms with Crippen molar-refractivity contribution in [1.82, 2.24) is 4.98 Å². The smallest absolute Gasteiger partial charge is 0.227 e. The number of nitrogens with zero attached hydrogens (tertiary/aromatic N) is 1. The Labute approximate surface area is 104 Å². The van der Waals surface area contributed by atoms with E-state index in [1.807, 2.05) is 43.3 Å². The third-order valence-electron chi connectivity index (χ3n) is 2.83. The van der Waals surface area contributed by atoms with E-state index in [4.69, 9.17) is 15.9 Å². The summed E-state index contributed by atoms with van der Waals surface area (Å²) in [5.74, 6) is 0.561. The Morgan fingerprint density at radius 2 is 1.89 bits per heavy atom. The van der Waals surface area contributed by atoms with Crippen LogP contribution >= 0.6 is 0 Å². The third kappa shape index (κ3) is 1.68. The quantitative estimate of drug-likeness (QED) is 0.640. The summed E-state index contributed by atoms with van der Waals surface area (Å²) < 4.78 is 5.77. The molecule has 1 aromatic heterocycles. The van der Waals surface area contributed by atoms with E-state index in [-0.39, 0.29) is 0 Å². The van der Waals surface area contributed by atoms with Gasteiger partial charge in [-0.05, 0) is 42.8 Å². The van der Waals surface area contributed by atoms with Gasteiger partial charge in [0.1, 0.15) is 5.52 Å². The maximum Gasteiger partial charge on any atom is 0.227 e. The Morgan fingerprint density at radius 1 is 1.06 bits per heavy atom. The van der Waals surface area contributed by atoms with Gasteiger partial charge in [-0.25, -0.2) is 4.98 Å². The molecule has 4 N–H and O–H groups in total. The summed E-state index contributed by atoms with van der Waals surface area (Å²) >= 11 is 0. The second-order valence-electron chi connectivity index (χ2n) is 4.33. The Morgan fingerprint density at radius 3 is 2.67 bits per heavy atom. The van der Waals surface area contributed by atoms with E-state index in [9.17, 15) is 0 Å². The van der Waals surface area contributed by atoms with Crippen molar-refractivity contribution in [1.29, 1.82) is 0 Å². The molecule has 0 aliphatic rings. The van der Waals surface area contributed by atoms with E-state index in [0.29, 0.717) is 17.3 Å². The molecule has 0 aliphatic heterocycles. The number of fused-ring (bicyclic) bond motifs is 1. The lowest BCUT2D eigenvalue weighted by Crippen LogP contribution is -1.85. The van der Waals surface area contributed by atoms with Crippen molar-refractivity contribution in [2.75, 3.05) is 11.5 Å². The summed E-state index contributed by atoms with van der Waals surface area (Å²) in [6, 6.07) is 11.1. The predicted octanol–water partition coefficient (Wildman–Crippen LogP) is 2.97. The van der Waals surface area contributed by atoms with Crippen molar-refractivity contribution in [3.63, 3.8) is 0 Å². The normalized spacial score (nSPS) is 10.9. The molecule has 3 rings (SSSR count). The zero-order valence-corrected chi connectivity index (χ0v) is 9.97. The average molecular weight is 239 g/mol. The number of hydrogen-bond acceptors (Lipinski definition) is 4. The first-order valence-electron chi connectivity index (χ1n) is 5.66. The standard InChI is InChI=1S/C14H13N3O/c1-8-5-11(16)7-12-13(8)18-14(17-12)9-3-2-4-10(15)6-9/h2-7H,15-16H2,1H3. The fraction of sp³-hybridized carbons (Fsp3) is 0.0714. The second kappa shape index (κ2) is 3.77. The van der Waals surface area contributed by atoms with Gasteiger partial charge in [0.05, 0.1) is 0 Å². The Kier molecular flexibility index (Phi) is 2.23. The first kappa shape index (κ1) is 10.7. The van der Waals surface area contributed by atoms with Gasteiger partial charge in [-0.3, -0.25) is 0 Å². The van der Waals surface area contributed by atoms with E-state index >= 15 is 0 Å². The van der Waals surface area contributed by atoms with Crippen molar-refractivity contribution in [2.24, 2.45) is 0 Å². The molecule has 18 heavy (non-hydrogen) atoms. The molecule has 0 saturated carbocycles. The number of rotatable bonds is 1. The zero-order chi connectivity index (χ0) is 12.7. The molecule has 0 saturated heterocycles. The van der Waals surface area contributed by atoms with E-state index in [2.05, 4.69) is 4.98 Å². The Hall–Kier alpha value is -2.49. The molecule has 0 amide bonds. The zero-order valence-electron chi connectivity index (χ0n) is 9.97. The van der Waals surface area contributed by atoms with Gasteiger partial charge in [0, 0.05) is 16.9 Å². The number of benzene rings is 2. The van der Waals surface area contributed by atoms with E-state index in [1.54, 1.807) is 0 Å². The maximum atomic E-state index is 5.80. The molecular weight excluding hydrogens is 226 g/mol. The molecule has 0 spiro atoms. The molecule has 4 nitrogen and oxygen atoms in total. The Balaban J connectivity index is 2.22. The number of anilines is 2. The summed E-state index contributed by atoms with van der Waals surface area (Å²) in [4.78, 5) is 4.44. The number of aromatic nitrogens is 1. The molecule has 1 heterocycles. The van der Waals surface area contributed by atoms with Crippen LogP contribution < -0.4 is 11.5 Å². The van der Waals surface area contributed by atoms with Gasteiger partial charge in [0.15, 0.2) is 5.58 Å². The highest BCUT2D eigenvalue weighted by Gasteiger charge is 2.10. The van der Waals surface area contributed by atoms with Crippen LogP contribution in [0.4, 0.5) is 11.4 Å². The van der Waals surface area contributed by atoms with Gasteiger partial charge in [-0.2, -0.15) is 0 Å². The summed E-state index contributed by atoms with van der Waals surface area (Å²) in [5, 5.41) is 0. The number of nitrogens with two attached hydrogens (primary N) is 2. The molecule has 90 valence electrons. The minimum absolute atomic E-state index is 0.561. The van der Waals surface area contributed by atoms with Crippen molar-refractivity contribution >= 4 is 22.5 Å². The minimum atomic E-state index is 0.561. The second-order valence-corrected chi connectivity index (χ2v) is 4.33. The first-order chi connectivity index (χ1) is 8.63. The van der Waals surface area contributed by atoms with Gasteiger partial charge in [0.25, 0.3) is 0 Å². The van der Waals surface area contributed by atoms with E-state index in [1.165, 1.54) is 0 Å². The topological polar surface area (TPSA) is 78.1 Å². The van der Waals surface area contributed by atoms with Crippen LogP contribution in [0.15, 0.2) is 40.8 Å². The maximum absolute atomic E-state index is 5.80. The van der Waals surface area contributed by atoms with Gasteiger partial charge >= 0.3 is 0 Å². The molecule has 0 atom stereocenters. The lowest BCUT2D eigenvalue weighted by atomic mass is 10.2. The number of hydrogen-bond donors (Lipinski definition) is 2. The van der Waals surface area contributed by atoms with Crippen LogP contribution in [0.1, 0.15) is 5.56 Å². The highest BCUT2D eigenvalue weighted by atomic mass is 16.3. The molecule has 3 aromatic rings. The van der Waals surface area contributed by atoms with Gasteiger partial charge in [0.2, 0.25) is 5.89 Å². The third-order valence-corrected chi connectivity index (χ3v) is 2.83. The molecule has 0 radical (unpaired) electrons. The summed E-state index contributed by atoms with van der Waals surface area (Å²) in [6.07, 6.45) is 0. The molecule has 0 aliphatic carbocycles. The van der Waals surface area contributed by atoms with Crippen LogP contribution in [0.5, 0.6) is 0 Å². The van der Waals surface area contributed by atoms with E-state index < -0.39 is 0 Å². The highest BCUT2D eigenvalue weighted by Crippen LogP contribution is 2.28. The predicted molar refractivity (Wildman–Crippen MR) is 73.0 cm³/mol. The fourth-order valence-electron chi connectivity index (χ4n) is 2.02. The van der Waals surface area contributed by atoms with Crippen molar-refractivity contribution in [3.05, 3.63) is 42.0 Å². The van der Waals surface area contributed by atoms with Crippen LogP contribution in [-0.2, 0) is 0 Å². The van der Waals surface area contributed by atoms with Gasteiger partial charge in [-0.15, -0.1) is 0 Å². The fourth-order valence-corrected chi connectivity index (χ4v) is 2.02. The van der Waals surface area contributed by atoms with Crippen LogP contribution in [0.2, 0.25) is 0 Å². The lowest BCUT2D eigenvalue weighted by Gasteiger charge is -1.96. The molecule has 0 unspecified atom stereocenters. The summed E-state index contributed by atoms with van der Waals surface area (Å²) in [6.45, 7) is 1.95. The molecule has 4 heteroatoms. The van der Waals surface area contributed by atoms with Crippen LogP contribution in [-0.4, -0.2) is 4.98 Å². The lowest BCUT2D eigenvalue weighted by molar-refractivity contribution is 0.617. The van der Waals surface area contributed by atoms with Crippen molar-refractivity contribution in [3.8, 4) is 11.5 Å². The van der Waals surface area contributed by atoms with Crippen LogP contribution in [0.25, 0.3) is 22.6 Å². The average Bonchev–Trinajstić information content (AvgIpc) is 2.73. The number of oxazole rings is 1. The van der Waals surface area contributed by atoms with Gasteiger partial charge in [-0.1, -0.05) is 6.07 Å². The first-order valence-corrected chi connectivity index (χ1v) is 5.66. The number of aryl methyl sites for hydroxylation is 1. The van der Waals surface area contributed by atoms with Crippen molar-refractivity contribution < 1.29 is 4.42 Å². The molecular formula is C14H13N3O. The van der Waals surface area contributed by atoms with Crippen molar-refractivity contribution in [2.45, 2.75) is 6.92 Å². The monoisotopic (exact) mass is 239 g/mol. The van der Waals surface area contributed by atoms with Gasteiger partial charge < -0.3 is 15.9 Å². The summed E-state index contributed by atoms with van der Waals surface area (Å²) in [5.41, 5.74) is 16.3. The largest absolute Gasteiger partial charge is 0.436 e. The SMILES string of the molecule is Cc1cc(N)cc2nc(-c3cccc(N)c3)oc12.